The van der Waals surface area contributed by atoms with Crippen molar-refractivity contribution in [3.05, 3.63) is 35.5 Å². The molecule has 2 rings (SSSR count). The highest BCUT2D eigenvalue weighted by molar-refractivity contribution is 6.35. The highest BCUT2D eigenvalue weighted by atomic mass is 35.5. The third-order valence-electron chi connectivity index (χ3n) is 3.36. The zero-order chi connectivity index (χ0) is 17.7. The van der Waals surface area contributed by atoms with Gasteiger partial charge in [-0.05, 0) is 31.2 Å². The van der Waals surface area contributed by atoms with Gasteiger partial charge in [0.2, 0.25) is 0 Å². The molecule has 1 aromatic heterocycles. The van der Waals surface area contributed by atoms with E-state index in [1.807, 2.05) is 0 Å². The van der Waals surface area contributed by atoms with Crippen molar-refractivity contribution in [3.63, 3.8) is 0 Å². The normalized spacial score (nSPS) is 13.3. The Balaban J connectivity index is 2.10. The molecule has 0 saturated carbocycles. The summed E-state index contributed by atoms with van der Waals surface area (Å²) in [4.78, 5) is 27.5. The number of ether oxygens (including phenoxy) is 2. The van der Waals surface area contributed by atoms with Crippen molar-refractivity contribution < 1.29 is 24.2 Å². The molecule has 0 fully saturated rings. The lowest BCUT2D eigenvalue weighted by atomic mass is 10.0. The third-order valence-corrected chi connectivity index (χ3v) is 3.69. The fourth-order valence-corrected chi connectivity index (χ4v) is 2.37. The topological polar surface area (TPSA) is 97.8 Å². The Hall–Kier alpha value is -2.38. The van der Waals surface area contributed by atoms with Crippen LogP contribution in [0.25, 0.3) is 10.9 Å². The largest absolute Gasteiger partial charge is 0.481 e. The van der Waals surface area contributed by atoms with E-state index in [1.54, 1.807) is 30.5 Å². The van der Waals surface area contributed by atoms with Crippen LogP contribution in [0.3, 0.4) is 0 Å². The lowest BCUT2D eigenvalue weighted by Gasteiger charge is -2.25. The zero-order valence-electron chi connectivity index (χ0n) is 13.2. The van der Waals surface area contributed by atoms with Crippen molar-refractivity contribution in [3.8, 4) is 5.75 Å². The Labute approximate surface area is 143 Å². The Bertz CT molecular complexity index is 767. The van der Waals surface area contributed by atoms with Crippen LogP contribution in [0, 0.1) is 0 Å². The van der Waals surface area contributed by atoms with Crippen LogP contribution < -0.4 is 10.1 Å². The van der Waals surface area contributed by atoms with Crippen molar-refractivity contribution >= 4 is 34.4 Å². The number of aromatic nitrogens is 1. The minimum atomic E-state index is -1.53. The quantitative estimate of drug-likeness (QED) is 0.789. The molecule has 1 atom stereocenters. The fraction of sp³-hybridized carbons (Fsp3) is 0.312. The summed E-state index contributed by atoms with van der Waals surface area (Å²) in [6.07, 6.45) is 1.59. The van der Waals surface area contributed by atoms with E-state index in [4.69, 9.17) is 21.1 Å². The number of carbonyl (C=O) groups is 2. The van der Waals surface area contributed by atoms with Gasteiger partial charge in [-0.1, -0.05) is 11.6 Å². The van der Waals surface area contributed by atoms with Crippen LogP contribution in [-0.4, -0.2) is 47.8 Å². The van der Waals surface area contributed by atoms with E-state index >= 15 is 0 Å². The number of nitrogens with zero attached hydrogens (tertiary/aromatic N) is 1. The number of methoxy groups -OCH3 is 1. The minimum absolute atomic E-state index is 0.167. The number of nitrogens with one attached hydrogen (secondary N) is 1. The number of fused-ring (bicyclic) bond motifs is 1. The van der Waals surface area contributed by atoms with E-state index in [-0.39, 0.29) is 13.2 Å². The van der Waals surface area contributed by atoms with Crippen LogP contribution >= 0.6 is 11.6 Å². The van der Waals surface area contributed by atoms with Gasteiger partial charge in [-0.25, -0.2) is 4.79 Å². The van der Waals surface area contributed by atoms with Gasteiger partial charge >= 0.3 is 5.97 Å². The smallest absolute Gasteiger partial charge is 0.331 e. The maximum Gasteiger partial charge on any atom is 0.331 e. The van der Waals surface area contributed by atoms with Gasteiger partial charge in [0.25, 0.3) is 5.91 Å². The average molecular weight is 353 g/mol. The molecule has 7 nitrogen and oxygen atoms in total. The van der Waals surface area contributed by atoms with Crippen LogP contribution in [0.5, 0.6) is 5.75 Å². The highest BCUT2D eigenvalue weighted by Crippen LogP contribution is 2.29. The molecule has 0 spiro atoms. The monoisotopic (exact) mass is 352 g/mol. The molecular formula is C16H17ClN2O5. The second kappa shape index (κ2) is 7.46. The fourth-order valence-electron chi connectivity index (χ4n) is 2.16. The van der Waals surface area contributed by atoms with Gasteiger partial charge < -0.3 is 19.9 Å². The van der Waals surface area contributed by atoms with E-state index in [0.29, 0.717) is 21.7 Å². The second-order valence-electron chi connectivity index (χ2n) is 5.35. The molecule has 2 aromatic rings. The van der Waals surface area contributed by atoms with Crippen molar-refractivity contribution in [2.24, 2.45) is 0 Å². The Morgan fingerprint density at radius 3 is 2.79 bits per heavy atom. The summed E-state index contributed by atoms with van der Waals surface area (Å²) in [5, 5.41) is 12.8. The molecule has 8 heteroatoms. The summed E-state index contributed by atoms with van der Waals surface area (Å²) >= 11 is 6.09. The first-order chi connectivity index (χ1) is 11.4. The van der Waals surface area contributed by atoms with Gasteiger partial charge in [-0.3, -0.25) is 9.78 Å². The number of hydrogen-bond donors (Lipinski definition) is 2. The van der Waals surface area contributed by atoms with Crippen LogP contribution in [0.1, 0.15) is 6.92 Å². The van der Waals surface area contributed by atoms with Gasteiger partial charge in [-0.15, -0.1) is 0 Å². The van der Waals surface area contributed by atoms with Crippen molar-refractivity contribution in [1.82, 2.24) is 10.3 Å². The van der Waals surface area contributed by atoms with Crippen LogP contribution in [0.15, 0.2) is 30.5 Å². The number of halogens is 1. The highest BCUT2D eigenvalue weighted by Gasteiger charge is 2.35. The minimum Gasteiger partial charge on any atom is -0.481 e. The van der Waals surface area contributed by atoms with Gasteiger partial charge in [0, 0.05) is 18.7 Å². The maximum absolute atomic E-state index is 12.0. The third kappa shape index (κ3) is 3.93. The molecule has 1 aromatic carbocycles. The standard InChI is InChI=1S/C16H17ClN2O5/c1-16(9-23-2,15(21)22)19-13(20)8-24-12-6-5-11(17)10-4-3-7-18-14(10)12/h3-7H,8-9H2,1-2H3,(H,19,20)(H,21,22). The number of rotatable bonds is 7. The number of pyridine rings is 1. The molecule has 0 aliphatic carbocycles. The van der Waals surface area contributed by atoms with E-state index in [0.717, 1.165) is 0 Å². The summed E-state index contributed by atoms with van der Waals surface area (Å²) in [5.41, 5.74) is -1.01. The van der Waals surface area contributed by atoms with Crippen molar-refractivity contribution in [1.29, 1.82) is 0 Å². The molecule has 128 valence electrons. The molecule has 0 aliphatic heterocycles. The molecule has 1 unspecified atom stereocenters. The number of aliphatic carboxylic acids is 1. The lowest BCUT2D eigenvalue weighted by molar-refractivity contribution is -0.149. The molecule has 2 N–H and O–H groups in total. The van der Waals surface area contributed by atoms with E-state index in [2.05, 4.69) is 10.3 Å². The molecular weight excluding hydrogens is 336 g/mol. The molecule has 0 saturated heterocycles. The number of carboxylic acids is 1. The molecule has 0 aliphatic rings. The SMILES string of the molecule is COCC(C)(NC(=O)COc1ccc(Cl)c2cccnc12)C(=O)O. The summed E-state index contributed by atoms with van der Waals surface area (Å²) in [6.45, 7) is 0.829. The molecule has 1 amide bonds. The van der Waals surface area contributed by atoms with Gasteiger partial charge in [0.15, 0.2) is 12.1 Å². The second-order valence-corrected chi connectivity index (χ2v) is 5.76. The van der Waals surface area contributed by atoms with Crippen LogP contribution in [0.2, 0.25) is 5.02 Å². The predicted octanol–water partition coefficient (Wildman–Crippen LogP) is 1.87. The summed E-state index contributed by atoms with van der Waals surface area (Å²) < 4.78 is 10.3. The molecule has 0 radical (unpaired) electrons. The number of amides is 1. The molecule has 24 heavy (non-hydrogen) atoms. The van der Waals surface area contributed by atoms with Gasteiger partial charge in [0.05, 0.1) is 11.6 Å². The molecule has 1 heterocycles. The van der Waals surface area contributed by atoms with E-state index < -0.39 is 17.4 Å². The first-order valence-corrected chi connectivity index (χ1v) is 7.44. The number of benzene rings is 1. The van der Waals surface area contributed by atoms with Crippen LogP contribution in [-0.2, 0) is 14.3 Å². The number of hydrogen-bond acceptors (Lipinski definition) is 5. The van der Waals surface area contributed by atoms with Crippen LogP contribution in [0.4, 0.5) is 0 Å². The first kappa shape index (κ1) is 18.0. The predicted molar refractivity (Wildman–Crippen MR) is 88.3 cm³/mol. The van der Waals surface area contributed by atoms with Gasteiger partial charge in [0.1, 0.15) is 11.3 Å². The Morgan fingerprint density at radius 2 is 2.12 bits per heavy atom. The average Bonchev–Trinajstić information content (AvgIpc) is 2.54. The summed E-state index contributed by atoms with van der Waals surface area (Å²) in [6, 6.07) is 6.78. The van der Waals surface area contributed by atoms with Crippen molar-refractivity contribution in [2.45, 2.75) is 12.5 Å². The Morgan fingerprint density at radius 1 is 1.38 bits per heavy atom. The lowest BCUT2D eigenvalue weighted by Crippen LogP contribution is -2.56. The number of carbonyl (C=O) groups excluding carboxylic acids is 1. The summed E-state index contributed by atoms with van der Waals surface area (Å²) in [7, 11) is 1.36. The summed E-state index contributed by atoms with van der Waals surface area (Å²) in [5.74, 6) is -1.40. The first-order valence-electron chi connectivity index (χ1n) is 7.07. The maximum atomic E-state index is 12.0. The zero-order valence-corrected chi connectivity index (χ0v) is 14.0. The van der Waals surface area contributed by atoms with Crippen molar-refractivity contribution in [2.75, 3.05) is 20.3 Å². The Kier molecular flexibility index (Phi) is 5.58. The van der Waals surface area contributed by atoms with E-state index in [1.165, 1.54) is 14.0 Å². The molecule has 0 bridgehead atoms. The van der Waals surface area contributed by atoms with E-state index in [9.17, 15) is 14.7 Å². The number of carboxylic acid groups (broad SMARTS) is 1. The van der Waals surface area contributed by atoms with Gasteiger partial charge in [-0.2, -0.15) is 0 Å².